The topological polar surface area (TPSA) is 20.2 Å². The van der Waals surface area contributed by atoms with E-state index < -0.39 is 0 Å². The molecule has 0 heterocycles. The van der Waals surface area contributed by atoms with Crippen LogP contribution in [0.5, 0.6) is 0 Å². The minimum Gasteiger partial charge on any atom is -0.388 e. The number of rotatable bonds is 2. The van der Waals surface area contributed by atoms with Crippen LogP contribution in [0.2, 0.25) is 0 Å². The van der Waals surface area contributed by atoms with E-state index in [1.807, 2.05) is 0 Å². The van der Waals surface area contributed by atoms with Crippen LogP contribution in [0.25, 0.3) is 0 Å². The van der Waals surface area contributed by atoms with Gasteiger partial charge in [0.05, 0.1) is 6.10 Å². The van der Waals surface area contributed by atoms with Crippen molar-refractivity contribution in [1.29, 1.82) is 0 Å². The first-order chi connectivity index (χ1) is 8.49. The maximum atomic E-state index is 10.7. The number of aliphatic hydroxyl groups is 1. The van der Waals surface area contributed by atoms with Gasteiger partial charge in [0.2, 0.25) is 0 Å². The second kappa shape index (κ2) is 5.44. The van der Waals surface area contributed by atoms with Crippen LogP contribution in [-0.4, -0.2) is 5.11 Å². The second-order valence-electron chi connectivity index (χ2n) is 6.43. The van der Waals surface area contributed by atoms with Gasteiger partial charge in [0.1, 0.15) is 0 Å². The fraction of sp³-hybridized carbons (Fsp3) is 0.647. The first-order valence-electron chi connectivity index (χ1n) is 7.23. The quantitative estimate of drug-likeness (QED) is 0.819. The molecule has 0 saturated heterocycles. The fourth-order valence-corrected chi connectivity index (χ4v) is 3.80. The third-order valence-electron chi connectivity index (χ3n) is 4.50. The molecule has 3 unspecified atom stereocenters. The minimum absolute atomic E-state index is 0.281. The Kier molecular flexibility index (Phi) is 4.11. The van der Waals surface area contributed by atoms with Crippen LogP contribution in [0.3, 0.4) is 0 Å². The van der Waals surface area contributed by atoms with E-state index in [-0.39, 0.29) is 6.10 Å². The number of benzene rings is 1. The maximum Gasteiger partial charge on any atom is 0.0823 e. The third kappa shape index (κ3) is 2.77. The summed E-state index contributed by atoms with van der Waals surface area (Å²) in [7, 11) is 0. The molecule has 1 nitrogen and oxygen atoms in total. The average Bonchev–Trinajstić information content (AvgIpc) is 2.27. The Balaban J connectivity index is 2.22. The van der Waals surface area contributed by atoms with Gasteiger partial charge < -0.3 is 5.11 Å². The Morgan fingerprint density at radius 2 is 1.50 bits per heavy atom. The maximum absolute atomic E-state index is 10.7. The summed E-state index contributed by atoms with van der Waals surface area (Å²) in [5.74, 6) is 1.93. The number of aliphatic hydroxyl groups excluding tert-OH is 1. The van der Waals surface area contributed by atoms with Crippen molar-refractivity contribution in [3.63, 3.8) is 0 Å². The highest BCUT2D eigenvalue weighted by molar-refractivity contribution is 5.35. The van der Waals surface area contributed by atoms with E-state index in [1.165, 1.54) is 36.0 Å². The van der Waals surface area contributed by atoms with E-state index in [1.54, 1.807) is 0 Å². The summed E-state index contributed by atoms with van der Waals surface area (Å²) in [4.78, 5) is 0. The van der Waals surface area contributed by atoms with Crippen molar-refractivity contribution < 1.29 is 5.11 Å². The molecule has 100 valence electrons. The molecule has 0 spiro atoms. The molecule has 1 N–H and O–H groups in total. The molecule has 0 bridgehead atoms. The summed E-state index contributed by atoms with van der Waals surface area (Å²) in [6.07, 6.45) is 3.37. The minimum atomic E-state index is -0.281. The van der Waals surface area contributed by atoms with Gasteiger partial charge in [0.15, 0.2) is 0 Å². The molecule has 0 radical (unpaired) electrons. The van der Waals surface area contributed by atoms with Crippen LogP contribution in [0.1, 0.15) is 55.9 Å². The largest absolute Gasteiger partial charge is 0.388 e. The van der Waals surface area contributed by atoms with Crippen molar-refractivity contribution in [3.8, 4) is 0 Å². The molecule has 1 aliphatic carbocycles. The molecule has 1 saturated carbocycles. The van der Waals surface area contributed by atoms with E-state index in [0.29, 0.717) is 5.92 Å². The Hall–Kier alpha value is -0.820. The number of hydrogen-bond donors (Lipinski definition) is 1. The second-order valence-corrected chi connectivity index (χ2v) is 6.43. The Labute approximate surface area is 111 Å². The fourth-order valence-electron chi connectivity index (χ4n) is 3.80. The summed E-state index contributed by atoms with van der Waals surface area (Å²) in [5, 5.41) is 10.7. The third-order valence-corrected chi connectivity index (χ3v) is 4.50. The van der Waals surface area contributed by atoms with E-state index in [9.17, 15) is 5.11 Å². The normalized spacial score (nSPS) is 30.2. The number of hydrogen-bond acceptors (Lipinski definition) is 1. The van der Waals surface area contributed by atoms with Gasteiger partial charge in [0.25, 0.3) is 0 Å². The summed E-state index contributed by atoms with van der Waals surface area (Å²) >= 11 is 0. The van der Waals surface area contributed by atoms with Gasteiger partial charge in [0, 0.05) is 0 Å². The SMILES string of the molecule is Cc1cccc(C)c1C(O)C1CC(C)CC(C)C1. The van der Waals surface area contributed by atoms with Crippen molar-refractivity contribution in [2.75, 3.05) is 0 Å². The summed E-state index contributed by atoms with van der Waals surface area (Å²) in [6, 6.07) is 6.30. The zero-order chi connectivity index (χ0) is 13.3. The summed E-state index contributed by atoms with van der Waals surface area (Å²) in [5.41, 5.74) is 3.63. The molecular weight excluding hydrogens is 220 g/mol. The van der Waals surface area contributed by atoms with Crippen LogP contribution in [0, 0.1) is 31.6 Å². The lowest BCUT2D eigenvalue weighted by molar-refractivity contribution is 0.0543. The predicted molar refractivity (Wildman–Crippen MR) is 76.5 cm³/mol. The Bertz CT molecular complexity index is 380. The zero-order valence-electron chi connectivity index (χ0n) is 12.1. The first-order valence-corrected chi connectivity index (χ1v) is 7.23. The average molecular weight is 246 g/mol. The highest BCUT2D eigenvalue weighted by Gasteiger charge is 2.30. The first kappa shape index (κ1) is 13.6. The smallest absolute Gasteiger partial charge is 0.0823 e. The van der Waals surface area contributed by atoms with Gasteiger partial charge in [-0.05, 0) is 67.6 Å². The lowest BCUT2D eigenvalue weighted by Gasteiger charge is -2.35. The van der Waals surface area contributed by atoms with Crippen molar-refractivity contribution in [1.82, 2.24) is 0 Å². The molecule has 1 aromatic carbocycles. The van der Waals surface area contributed by atoms with E-state index >= 15 is 0 Å². The monoisotopic (exact) mass is 246 g/mol. The number of aryl methyl sites for hydroxylation is 2. The van der Waals surface area contributed by atoms with Gasteiger partial charge in [-0.25, -0.2) is 0 Å². The van der Waals surface area contributed by atoms with Crippen LogP contribution >= 0.6 is 0 Å². The molecule has 0 aliphatic heterocycles. The summed E-state index contributed by atoms with van der Waals surface area (Å²) in [6.45, 7) is 8.86. The van der Waals surface area contributed by atoms with E-state index in [0.717, 1.165) is 11.8 Å². The standard InChI is InChI=1S/C17H26O/c1-11-8-12(2)10-15(9-11)17(18)16-13(3)6-5-7-14(16)4/h5-7,11-12,15,17-18H,8-10H2,1-4H3. The van der Waals surface area contributed by atoms with Crippen molar-refractivity contribution in [2.24, 2.45) is 17.8 Å². The van der Waals surface area contributed by atoms with Gasteiger partial charge in [-0.1, -0.05) is 32.0 Å². The van der Waals surface area contributed by atoms with Gasteiger partial charge in [-0.15, -0.1) is 0 Å². The van der Waals surface area contributed by atoms with Gasteiger partial charge >= 0.3 is 0 Å². The molecule has 18 heavy (non-hydrogen) atoms. The predicted octanol–water partition coefficient (Wildman–Crippen LogP) is 4.41. The van der Waals surface area contributed by atoms with Crippen LogP contribution in [0.15, 0.2) is 18.2 Å². The van der Waals surface area contributed by atoms with Crippen LogP contribution in [-0.2, 0) is 0 Å². The van der Waals surface area contributed by atoms with Gasteiger partial charge in [-0.2, -0.15) is 0 Å². The Morgan fingerprint density at radius 1 is 1.00 bits per heavy atom. The highest BCUT2D eigenvalue weighted by Crippen LogP contribution is 2.41. The molecule has 2 rings (SSSR count). The van der Waals surface area contributed by atoms with Crippen molar-refractivity contribution in [3.05, 3.63) is 34.9 Å². The van der Waals surface area contributed by atoms with Crippen molar-refractivity contribution >= 4 is 0 Å². The van der Waals surface area contributed by atoms with Crippen molar-refractivity contribution in [2.45, 2.75) is 53.1 Å². The lowest BCUT2D eigenvalue weighted by Crippen LogP contribution is -2.25. The molecule has 1 aliphatic rings. The molecule has 0 aromatic heterocycles. The molecule has 3 atom stereocenters. The zero-order valence-corrected chi connectivity index (χ0v) is 12.1. The summed E-state index contributed by atoms with van der Waals surface area (Å²) < 4.78 is 0. The molecule has 1 fully saturated rings. The molecule has 1 heteroatoms. The lowest BCUT2D eigenvalue weighted by atomic mass is 9.72. The van der Waals surface area contributed by atoms with E-state index in [2.05, 4.69) is 45.9 Å². The van der Waals surface area contributed by atoms with Crippen LogP contribution in [0.4, 0.5) is 0 Å². The molecule has 1 aromatic rings. The van der Waals surface area contributed by atoms with Gasteiger partial charge in [-0.3, -0.25) is 0 Å². The Morgan fingerprint density at radius 3 is 2.00 bits per heavy atom. The highest BCUT2D eigenvalue weighted by atomic mass is 16.3. The molecular formula is C17H26O. The molecule has 0 amide bonds. The van der Waals surface area contributed by atoms with Crippen LogP contribution < -0.4 is 0 Å². The van der Waals surface area contributed by atoms with E-state index in [4.69, 9.17) is 0 Å².